The van der Waals surface area contributed by atoms with Crippen molar-refractivity contribution in [2.24, 2.45) is 0 Å². The second kappa shape index (κ2) is 8.07. The first-order valence-electron chi connectivity index (χ1n) is 7.19. The van der Waals surface area contributed by atoms with Crippen LogP contribution in [0.4, 0.5) is 0 Å². The van der Waals surface area contributed by atoms with Crippen LogP contribution in [0.1, 0.15) is 0 Å². The van der Waals surface area contributed by atoms with E-state index in [2.05, 4.69) is 10.2 Å². The Labute approximate surface area is 125 Å². The molecule has 21 heavy (non-hydrogen) atoms. The van der Waals surface area contributed by atoms with Gasteiger partial charge in [0.05, 0.1) is 14.2 Å². The molecule has 0 aromatic heterocycles. The highest BCUT2D eigenvalue weighted by Gasteiger charge is 2.15. The van der Waals surface area contributed by atoms with E-state index in [1.165, 1.54) is 0 Å². The van der Waals surface area contributed by atoms with Gasteiger partial charge in [0.2, 0.25) is 0 Å². The molecule has 6 nitrogen and oxygen atoms in total. The highest BCUT2D eigenvalue weighted by molar-refractivity contribution is 5.45. The van der Waals surface area contributed by atoms with Gasteiger partial charge >= 0.3 is 0 Å². The standard InChI is InChI=1S/C15H24N2O4/c1-19-13-3-4-14(20-2)15(9-13)21-11-12(18)10-17-7-5-16-6-8-17/h3-4,9,12,16,18H,5-8,10-11H2,1-2H3. The van der Waals surface area contributed by atoms with Crippen molar-refractivity contribution in [2.75, 3.05) is 53.6 Å². The zero-order valence-electron chi connectivity index (χ0n) is 12.7. The fraction of sp³-hybridized carbons (Fsp3) is 0.600. The van der Waals surface area contributed by atoms with E-state index in [-0.39, 0.29) is 6.61 Å². The summed E-state index contributed by atoms with van der Waals surface area (Å²) < 4.78 is 16.1. The third-order valence-corrected chi connectivity index (χ3v) is 3.48. The first-order chi connectivity index (χ1) is 10.2. The molecule has 1 saturated heterocycles. The van der Waals surface area contributed by atoms with Crippen molar-refractivity contribution in [3.8, 4) is 17.2 Å². The van der Waals surface area contributed by atoms with Crippen molar-refractivity contribution in [1.82, 2.24) is 10.2 Å². The van der Waals surface area contributed by atoms with Crippen LogP contribution in [0.5, 0.6) is 17.2 Å². The number of aliphatic hydroxyl groups excluding tert-OH is 1. The number of piperazine rings is 1. The highest BCUT2D eigenvalue weighted by atomic mass is 16.5. The van der Waals surface area contributed by atoms with Gasteiger partial charge in [0.15, 0.2) is 11.5 Å². The Hall–Kier alpha value is -1.50. The summed E-state index contributed by atoms with van der Waals surface area (Å²) in [5.41, 5.74) is 0. The minimum Gasteiger partial charge on any atom is -0.497 e. The van der Waals surface area contributed by atoms with Crippen LogP contribution in [-0.2, 0) is 0 Å². The molecule has 6 heteroatoms. The van der Waals surface area contributed by atoms with Crippen LogP contribution in [0.3, 0.4) is 0 Å². The third-order valence-electron chi connectivity index (χ3n) is 3.48. The summed E-state index contributed by atoms with van der Waals surface area (Å²) in [6.45, 7) is 4.70. The van der Waals surface area contributed by atoms with E-state index >= 15 is 0 Å². The van der Waals surface area contributed by atoms with E-state index in [0.717, 1.165) is 26.2 Å². The van der Waals surface area contributed by atoms with Gasteiger partial charge < -0.3 is 24.6 Å². The van der Waals surface area contributed by atoms with Crippen molar-refractivity contribution >= 4 is 0 Å². The molecule has 1 aromatic carbocycles. The number of methoxy groups -OCH3 is 2. The number of hydrogen-bond donors (Lipinski definition) is 2. The average molecular weight is 296 g/mol. The molecule has 0 saturated carbocycles. The smallest absolute Gasteiger partial charge is 0.164 e. The van der Waals surface area contributed by atoms with E-state index in [1.54, 1.807) is 26.4 Å². The maximum atomic E-state index is 10.1. The second-order valence-corrected chi connectivity index (χ2v) is 5.03. The second-order valence-electron chi connectivity index (χ2n) is 5.03. The van der Waals surface area contributed by atoms with E-state index in [0.29, 0.717) is 23.8 Å². The molecule has 0 bridgehead atoms. The molecule has 0 spiro atoms. The van der Waals surface area contributed by atoms with Crippen molar-refractivity contribution in [1.29, 1.82) is 0 Å². The number of ether oxygens (including phenoxy) is 3. The lowest BCUT2D eigenvalue weighted by atomic mass is 10.3. The van der Waals surface area contributed by atoms with Crippen LogP contribution in [-0.4, -0.2) is 69.7 Å². The van der Waals surface area contributed by atoms with Crippen molar-refractivity contribution in [2.45, 2.75) is 6.10 Å². The van der Waals surface area contributed by atoms with Gasteiger partial charge in [0, 0.05) is 38.8 Å². The molecule has 2 N–H and O–H groups in total. The molecule has 1 aliphatic heterocycles. The minimum absolute atomic E-state index is 0.230. The number of β-amino-alcohol motifs (C(OH)–C–C–N with tert-alkyl or cyclic N) is 1. The lowest BCUT2D eigenvalue weighted by Crippen LogP contribution is -2.47. The van der Waals surface area contributed by atoms with E-state index < -0.39 is 6.10 Å². The number of hydrogen-bond acceptors (Lipinski definition) is 6. The monoisotopic (exact) mass is 296 g/mol. The van der Waals surface area contributed by atoms with Crippen LogP contribution in [0.15, 0.2) is 18.2 Å². The Kier molecular flexibility index (Phi) is 6.10. The number of nitrogens with one attached hydrogen (secondary N) is 1. The Morgan fingerprint density at radius 1 is 1.19 bits per heavy atom. The molecule has 1 heterocycles. The zero-order valence-corrected chi connectivity index (χ0v) is 12.7. The quantitative estimate of drug-likeness (QED) is 0.757. The number of rotatable bonds is 7. The molecule has 0 amide bonds. The van der Waals surface area contributed by atoms with Gasteiger partial charge in [-0.3, -0.25) is 4.90 Å². The fourth-order valence-corrected chi connectivity index (χ4v) is 2.33. The first kappa shape index (κ1) is 15.9. The molecule has 1 fully saturated rings. The molecule has 0 aliphatic carbocycles. The Balaban J connectivity index is 1.86. The molecule has 1 aliphatic rings. The summed E-state index contributed by atoms with van der Waals surface area (Å²) in [6.07, 6.45) is -0.529. The summed E-state index contributed by atoms with van der Waals surface area (Å²) in [7, 11) is 3.19. The molecule has 1 aromatic rings. The maximum absolute atomic E-state index is 10.1. The summed E-state index contributed by atoms with van der Waals surface area (Å²) in [5, 5.41) is 13.4. The van der Waals surface area contributed by atoms with Gasteiger partial charge in [-0.1, -0.05) is 0 Å². The highest BCUT2D eigenvalue weighted by Crippen LogP contribution is 2.31. The summed E-state index contributed by atoms with van der Waals surface area (Å²) in [6, 6.07) is 5.36. The Bertz CT molecular complexity index is 436. The molecule has 2 rings (SSSR count). The average Bonchev–Trinajstić information content (AvgIpc) is 2.53. The summed E-state index contributed by atoms with van der Waals surface area (Å²) in [4.78, 5) is 2.23. The minimum atomic E-state index is -0.529. The maximum Gasteiger partial charge on any atom is 0.164 e. The first-order valence-corrected chi connectivity index (χ1v) is 7.19. The fourth-order valence-electron chi connectivity index (χ4n) is 2.33. The lowest BCUT2D eigenvalue weighted by molar-refractivity contribution is 0.0631. The summed E-state index contributed by atoms with van der Waals surface area (Å²) in [5.74, 6) is 1.91. The largest absolute Gasteiger partial charge is 0.497 e. The van der Waals surface area contributed by atoms with Gasteiger partial charge in [0.25, 0.3) is 0 Å². The Morgan fingerprint density at radius 2 is 1.95 bits per heavy atom. The zero-order chi connectivity index (χ0) is 15.1. The third kappa shape index (κ3) is 4.77. The van der Waals surface area contributed by atoms with Crippen LogP contribution in [0.25, 0.3) is 0 Å². The molecular weight excluding hydrogens is 272 g/mol. The van der Waals surface area contributed by atoms with Gasteiger partial charge in [-0.2, -0.15) is 0 Å². The molecule has 1 unspecified atom stereocenters. The summed E-state index contributed by atoms with van der Waals surface area (Å²) >= 11 is 0. The van der Waals surface area contributed by atoms with Gasteiger partial charge in [0.1, 0.15) is 18.5 Å². The molecular formula is C15H24N2O4. The van der Waals surface area contributed by atoms with Gasteiger partial charge in [-0.15, -0.1) is 0 Å². The molecule has 0 radical (unpaired) electrons. The Morgan fingerprint density at radius 3 is 2.62 bits per heavy atom. The SMILES string of the molecule is COc1ccc(OC)c(OCC(O)CN2CCNCC2)c1. The number of nitrogens with zero attached hydrogens (tertiary/aromatic N) is 1. The van der Waals surface area contributed by atoms with Gasteiger partial charge in [-0.05, 0) is 12.1 Å². The molecule has 118 valence electrons. The normalized spacial score (nSPS) is 17.3. The topological polar surface area (TPSA) is 63.2 Å². The lowest BCUT2D eigenvalue weighted by Gasteiger charge is -2.29. The molecule has 1 atom stereocenters. The predicted molar refractivity (Wildman–Crippen MR) is 80.4 cm³/mol. The van der Waals surface area contributed by atoms with E-state index in [4.69, 9.17) is 14.2 Å². The van der Waals surface area contributed by atoms with Crippen LogP contribution in [0, 0.1) is 0 Å². The van der Waals surface area contributed by atoms with Crippen LogP contribution in [0.2, 0.25) is 0 Å². The van der Waals surface area contributed by atoms with Crippen molar-refractivity contribution in [3.05, 3.63) is 18.2 Å². The van der Waals surface area contributed by atoms with Gasteiger partial charge in [-0.25, -0.2) is 0 Å². The predicted octanol–water partition coefficient (Wildman–Crippen LogP) is 0.349. The number of benzene rings is 1. The van der Waals surface area contributed by atoms with Crippen molar-refractivity contribution < 1.29 is 19.3 Å². The van der Waals surface area contributed by atoms with Crippen molar-refractivity contribution in [3.63, 3.8) is 0 Å². The number of aliphatic hydroxyl groups is 1. The van der Waals surface area contributed by atoms with Crippen LogP contribution >= 0.6 is 0 Å². The van der Waals surface area contributed by atoms with Crippen LogP contribution < -0.4 is 19.5 Å². The van der Waals surface area contributed by atoms with E-state index in [9.17, 15) is 5.11 Å². The van der Waals surface area contributed by atoms with E-state index in [1.807, 2.05) is 6.07 Å².